The molecule has 1 heterocycles. The number of carboxylic acids is 1. The highest BCUT2D eigenvalue weighted by molar-refractivity contribution is 7.99. The fourth-order valence-corrected chi connectivity index (χ4v) is 2.67. The lowest BCUT2D eigenvalue weighted by molar-refractivity contribution is -0.133. The van der Waals surface area contributed by atoms with E-state index < -0.39 is 5.97 Å². The normalized spacial score (nSPS) is 11.5. The summed E-state index contributed by atoms with van der Waals surface area (Å²) in [5.41, 5.74) is 0.989. The van der Waals surface area contributed by atoms with Crippen LogP contribution in [0, 0.1) is 5.82 Å². The van der Waals surface area contributed by atoms with Crippen LogP contribution in [-0.4, -0.2) is 26.4 Å². The van der Waals surface area contributed by atoms with E-state index in [9.17, 15) is 9.18 Å². The van der Waals surface area contributed by atoms with Crippen molar-refractivity contribution in [3.8, 4) is 0 Å². The second kappa shape index (κ2) is 6.56. The van der Waals surface area contributed by atoms with Gasteiger partial charge in [-0.1, -0.05) is 30.0 Å². The molecule has 0 radical (unpaired) electrons. The van der Waals surface area contributed by atoms with Gasteiger partial charge in [0.1, 0.15) is 5.52 Å². The van der Waals surface area contributed by atoms with Gasteiger partial charge in [-0.3, -0.25) is 4.79 Å². The molecule has 0 fully saturated rings. The number of imidazole rings is 1. The Labute approximate surface area is 120 Å². The zero-order valence-corrected chi connectivity index (χ0v) is 11.9. The van der Waals surface area contributed by atoms with Gasteiger partial charge in [0.2, 0.25) is 0 Å². The molecule has 2 rings (SSSR count). The Bertz CT molecular complexity index is 652. The van der Waals surface area contributed by atoms with Gasteiger partial charge >= 0.3 is 5.97 Å². The van der Waals surface area contributed by atoms with Crippen LogP contribution >= 0.6 is 11.8 Å². The van der Waals surface area contributed by atoms with Gasteiger partial charge in [-0.15, -0.1) is 0 Å². The largest absolute Gasteiger partial charge is 0.481 e. The first-order chi connectivity index (χ1) is 9.63. The van der Waals surface area contributed by atoms with Crippen LogP contribution < -0.4 is 0 Å². The topological polar surface area (TPSA) is 55.1 Å². The molecule has 0 saturated heterocycles. The molecular weight excluding hydrogens is 279 g/mol. The van der Waals surface area contributed by atoms with E-state index in [-0.39, 0.29) is 11.6 Å². The van der Waals surface area contributed by atoms with Crippen LogP contribution in [0.4, 0.5) is 4.39 Å². The maximum absolute atomic E-state index is 13.8. The number of benzene rings is 1. The highest BCUT2D eigenvalue weighted by Crippen LogP contribution is 2.26. The number of nitrogens with zero attached hydrogens (tertiary/aromatic N) is 2. The Hall–Kier alpha value is -1.82. The first-order valence-electron chi connectivity index (χ1n) is 6.24. The van der Waals surface area contributed by atoms with Crippen molar-refractivity contribution in [3.05, 3.63) is 36.2 Å². The Morgan fingerprint density at radius 1 is 1.55 bits per heavy atom. The van der Waals surface area contributed by atoms with E-state index in [1.54, 1.807) is 12.1 Å². The monoisotopic (exact) mass is 294 g/mol. The SMILES string of the molecule is C/C=C/CCn1c(SCC(=O)O)nc2c(F)cccc21. The molecule has 0 aliphatic rings. The molecule has 4 nitrogen and oxygen atoms in total. The van der Waals surface area contributed by atoms with Crippen molar-refractivity contribution in [2.24, 2.45) is 0 Å². The standard InChI is InChI=1S/C14H15FN2O2S/c1-2-3-4-8-17-11-7-5-6-10(15)13(11)16-14(17)20-9-12(18)19/h2-3,5-7H,4,8-9H2,1H3,(H,18,19)/b3-2+. The van der Waals surface area contributed by atoms with Crippen LogP contribution in [0.5, 0.6) is 0 Å². The third kappa shape index (κ3) is 3.19. The molecule has 0 amide bonds. The summed E-state index contributed by atoms with van der Waals surface area (Å²) < 4.78 is 15.6. The van der Waals surface area contributed by atoms with E-state index in [0.29, 0.717) is 22.7 Å². The Balaban J connectivity index is 2.39. The van der Waals surface area contributed by atoms with Crippen molar-refractivity contribution < 1.29 is 14.3 Å². The van der Waals surface area contributed by atoms with Gasteiger partial charge in [0, 0.05) is 6.54 Å². The van der Waals surface area contributed by atoms with Gasteiger partial charge in [0.25, 0.3) is 0 Å². The molecule has 1 aromatic carbocycles. The number of aromatic nitrogens is 2. The van der Waals surface area contributed by atoms with E-state index in [0.717, 1.165) is 18.2 Å². The number of rotatable bonds is 6. The van der Waals surface area contributed by atoms with Crippen molar-refractivity contribution in [2.75, 3.05) is 5.75 Å². The number of aryl methyl sites for hydroxylation is 1. The lowest BCUT2D eigenvalue weighted by atomic mass is 10.3. The van der Waals surface area contributed by atoms with E-state index >= 15 is 0 Å². The molecule has 20 heavy (non-hydrogen) atoms. The molecule has 0 aliphatic carbocycles. The summed E-state index contributed by atoms with van der Waals surface area (Å²) in [7, 11) is 0. The fraction of sp³-hybridized carbons (Fsp3) is 0.286. The molecule has 0 unspecified atom stereocenters. The summed E-state index contributed by atoms with van der Waals surface area (Å²) in [6, 6.07) is 4.79. The maximum atomic E-state index is 13.8. The summed E-state index contributed by atoms with van der Waals surface area (Å²) >= 11 is 1.11. The molecule has 2 aromatic rings. The lowest BCUT2D eigenvalue weighted by Crippen LogP contribution is -2.03. The highest BCUT2D eigenvalue weighted by Gasteiger charge is 2.14. The van der Waals surface area contributed by atoms with Gasteiger partial charge in [0.05, 0.1) is 11.3 Å². The average Bonchev–Trinajstić information content (AvgIpc) is 2.77. The second-order valence-corrected chi connectivity index (χ2v) is 5.14. The number of fused-ring (bicyclic) bond motifs is 1. The van der Waals surface area contributed by atoms with Gasteiger partial charge in [-0.25, -0.2) is 9.37 Å². The van der Waals surface area contributed by atoms with Crippen molar-refractivity contribution in [1.29, 1.82) is 0 Å². The first kappa shape index (κ1) is 14.6. The van der Waals surface area contributed by atoms with Crippen LogP contribution in [0.25, 0.3) is 11.0 Å². The molecule has 0 bridgehead atoms. The minimum Gasteiger partial charge on any atom is -0.481 e. The molecule has 6 heteroatoms. The Morgan fingerprint density at radius 2 is 2.35 bits per heavy atom. The van der Waals surface area contributed by atoms with E-state index in [1.807, 2.05) is 23.6 Å². The highest BCUT2D eigenvalue weighted by atomic mass is 32.2. The summed E-state index contributed by atoms with van der Waals surface area (Å²) in [4.78, 5) is 14.9. The molecule has 1 N–H and O–H groups in total. The number of carboxylic acid groups (broad SMARTS) is 1. The minimum absolute atomic E-state index is 0.0887. The predicted octanol–water partition coefficient (Wildman–Crippen LogP) is 3.32. The Kier molecular flexibility index (Phi) is 4.79. The van der Waals surface area contributed by atoms with Crippen LogP contribution in [0.2, 0.25) is 0 Å². The van der Waals surface area contributed by atoms with Crippen LogP contribution in [0.15, 0.2) is 35.5 Å². The van der Waals surface area contributed by atoms with E-state index in [1.165, 1.54) is 6.07 Å². The average molecular weight is 294 g/mol. The van der Waals surface area contributed by atoms with Crippen molar-refractivity contribution >= 4 is 28.8 Å². The minimum atomic E-state index is -0.914. The lowest BCUT2D eigenvalue weighted by Gasteiger charge is -2.06. The van der Waals surface area contributed by atoms with Crippen LogP contribution in [0.3, 0.4) is 0 Å². The predicted molar refractivity (Wildman–Crippen MR) is 77.5 cm³/mol. The third-order valence-electron chi connectivity index (χ3n) is 2.77. The van der Waals surface area contributed by atoms with Crippen molar-refractivity contribution in [2.45, 2.75) is 25.0 Å². The molecule has 0 aliphatic heterocycles. The number of carbonyl (C=O) groups is 1. The number of halogens is 1. The third-order valence-corrected chi connectivity index (χ3v) is 3.74. The fourth-order valence-electron chi connectivity index (χ4n) is 1.91. The Morgan fingerprint density at radius 3 is 3.05 bits per heavy atom. The van der Waals surface area contributed by atoms with E-state index in [2.05, 4.69) is 4.98 Å². The number of hydrogen-bond donors (Lipinski definition) is 1. The summed E-state index contributed by atoms with van der Waals surface area (Å²) in [5.74, 6) is -1.39. The molecule has 106 valence electrons. The van der Waals surface area contributed by atoms with Crippen molar-refractivity contribution in [3.63, 3.8) is 0 Å². The number of aliphatic carboxylic acids is 1. The smallest absolute Gasteiger partial charge is 0.313 e. The number of allylic oxidation sites excluding steroid dienone is 2. The van der Waals surface area contributed by atoms with Gasteiger partial charge in [0.15, 0.2) is 11.0 Å². The molecule has 0 spiro atoms. The van der Waals surface area contributed by atoms with Crippen LogP contribution in [0.1, 0.15) is 13.3 Å². The maximum Gasteiger partial charge on any atom is 0.313 e. The number of para-hydroxylation sites is 1. The summed E-state index contributed by atoms with van der Waals surface area (Å²) in [5, 5.41) is 9.31. The zero-order valence-electron chi connectivity index (χ0n) is 11.0. The first-order valence-corrected chi connectivity index (χ1v) is 7.22. The summed E-state index contributed by atoms with van der Waals surface area (Å²) in [6.07, 6.45) is 4.75. The summed E-state index contributed by atoms with van der Waals surface area (Å²) in [6.45, 7) is 2.58. The molecule has 0 atom stereocenters. The molecule has 1 aromatic heterocycles. The quantitative estimate of drug-likeness (QED) is 0.656. The van der Waals surface area contributed by atoms with Gasteiger partial charge in [-0.05, 0) is 25.5 Å². The van der Waals surface area contributed by atoms with Gasteiger partial charge < -0.3 is 9.67 Å². The zero-order chi connectivity index (χ0) is 14.5. The van der Waals surface area contributed by atoms with Crippen molar-refractivity contribution in [1.82, 2.24) is 9.55 Å². The number of hydrogen-bond acceptors (Lipinski definition) is 3. The second-order valence-electron chi connectivity index (χ2n) is 4.19. The van der Waals surface area contributed by atoms with Crippen LogP contribution in [-0.2, 0) is 11.3 Å². The molecule has 0 saturated carbocycles. The van der Waals surface area contributed by atoms with E-state index in [4.69, 9.17) is 5.11 Å². The number of thioether (sulfide) groups is 1. The molecular formula is C14H15FN2O2S. The van der Waals surface area contributed by atoms with Gasteiger partial charge in [-0.2, -0.15) is 0 Å².